The molecule has 1 heterocycles. The van der Waals surface area contributed by atoms with E-state index < -0.39 is 0 Å². The van der Waals surface area contributed by atoms with Crippen molar-refractivity contribution in [1.29, 1.82) is 0 Å². The van der Waals surface area contributed by atoms with Gasteiger partial charge in [-0.3, -0.25) is 4.79 Å². The van der Waals surface area contributed by atoms with Crippen LogP contribution in [-0.4, -0.2) is 26.0 Å². The van der Waals surface area contributed by atoms with Crippen LogP contribution >= 0.6 is 0 Å². The van der Waals surface area contributed by atoms with E-state index in [1.807, 2.05) is 30.3 Å². The van der Waals surface area contributed by atoms with Gasteiger partial charge in [-0.2, -0.15) is 4.68 Å². The Balaban J connectivity index is 1.81. The number of nitrogens with zero attached hydrogens (tertiary/aromatic N) is 4. The van der Waals surface area contributed by atoms with Crippen LogP contribution in [0.1, 0.15) is 37.9 Å². The highest BCUT2D eigenvalue weighted by molar-refractivity contribution is 5.81. The minimum atomic E-state index is 0.0750. The molecular weight excluding hydrogens is 252 g/mol. The van der Waals surface area contributed by atoms with Crippen LogP contribution < -0.4 is 0 Å². The molecule has 1 aromatic heterocycles. The van der Waals surface area contributed by atoms with Gasteiger partial charge in [-0.15, -0.1) is 5.10 Å². The van der Waals surface area contributed by atoms with Gasteiger partial charge in [-0.1, -0.05) is 31.0 Å². The van der Waals surface area contributed by atoms with E-state index in [2.05, 4.69) is 15.5 Å². The first kappa shape index (κ1) is 13.0. The average molecular weight is 270 g/mol. The monoisotopic (exact) mass is 270 g/mol. The third kappa shape index (κ3) is 2.76. The minimum Gasteiger partial charge on any atom is -0.299 e. The van der Waals surface area contributed by atoms with Gasteiger partial charge in [0.05, 0.1) is 5.69 Å². The Morgan fingerprint density at radius 2 is 2.00 bits per heavy atom. The normalized spacial score (nSPS) is 19.8. The molecule has 1 unspecified atom stereocenters. The Bertz CT molecular complexity index is 579. The first-order valence-electron chi connectivity index (χ1n) is 7.20. The third-order valence-corrected chi connectivity index (χ3v) is 3.89. The van der Waals surface area contributed by atoms with E-state index in [0.717, 1.165) is 37.2 Å². The summed E-state index contributed by atoms with van der Waals surface area (Å²) < 4.78 is 1.73. The highest BCUT2D eigenvalue weighted by Crippen LogP contribution is 2.23. The number of Topliss-reactive ketones (excluding diaryl/α,β-unsaturated/α-hetero) is 1. The van der Waals surface area contributed by atoms with Crippen molar-refractivity contribution < 1.29 is 4.79 Å². The zero-order valence-electron chi connectivity index (χ0n) is 11.4. The zero-order valence-corrected chi connectivity index (χ0v) is 11.4. The lowest BCUT2D eigenvalue weighted by Crippen LogP contribution is -2.18. The predicted octanol–water partition coefficient (Wildman–Crippen LogP) is 2.35. The smallest absolute Gasteiger partial charge is 0.157 e. The Kier molecular flexibility index (Phi) is 3.85. The maximum atomic E-state index is 12.1. The van der Waals surface area contributed by atoms with Crippen molar-refractivity contribution in [3.63, 3.8) is 0 Å². The molecule has 0 N–H and O–H groups in total. The number of benzene rings is 1. The maximum absolute atomic E-state index is 12.1. The van der Waals surface area contributed by atoms with Crippen molar-refractivity contribution in [2.24, 2.45) is 5.92 Å². The van der Waals surface area contributed by atoms with Crippen LogP contribution in [0.5, 0.6) is 0 Å². The molecule has 0 amide bonds. The van der Waals surface area contributed by atoms with E-state index in [9.17, 15) is 4.79 Å². The van der Waals surface area contributed by atoms with Gasteiger partial charge in [-0.05, 0) is 35.4 Å². The number of hydrogen-bond acceptors (Lipinski definition) is 4. The van der Waals surface area contributed by atoms with E-state index in [0.29, 0.717) is 18.6 Å². The number of carbonyl (C=O) groups is 1. The van der Waals surface area contributed by atoms with Gasteiger partial charge < -0.3 is 0 Å². The molecule has 1 aliphatic carbocycles. The van der Waals surface area contributed by atoms with Gasteiger partial charge in [-0.25, -0.2) is 0 Å². The lowest BCUT2D eigenvalue weighted by atomic mass is 9.95. The number of para-hydroxylation sites is 1. The Hall–Kier alpha value is -2.04. The van der Waals surface area contributed by atoms with Gasteiger partial charge >= 0.3 is 0 Å². The van der Waals surface area contributed by atoms with Crippen molar-refractivity contribution in [3.05, 3.63) is 36.2 Å². The summed E-state index contributed by atoms with van der Waals surface area (Å²) in [4.78, 5) is 12.1. The molecule has 1 atom stereocenters. The summed E-state index contributed by atoms with van der Waals surface area (Å²) in [6.45, 7) is 0. The fourth-order valence-electron chi connectivity index (χ4n) is 2.77. The van der Waals surface area contributed by atoms with Gasteiger partial charge in [0.1, 0.15) is 5.78 Å². The highest BCUT2D eigenvalue weighted by Gasteiger charge is 2.23. The second kappa shape index (κ2) is 5.94. The van der Waals surface area contributed by atoms with E-state index in [1.54, 1.807) is 4.68 Å². The van der Waals surface area contributed by atoms with Crippen LogP contribution in [0.4, 0.5) is 0 Å². The molecule has 104 valence electrons. The van der Waals surface area contributed by atoms with Crippen molar-refractivity contribution in [1.82, 2.24) is 20.2 Å². The fraction of sp³-hybridized carbons (Fsp3) is 0.467. The van der Waals surface area contributed by atoms with E-state index in [4.69, 9.17) is 0 Å². The molecule has 5 nitrogen and oxygen atoms in total. The summed E-state index contributed by atoms with van der Waals surface area (Å²) in [6.07, 6.45) is 5.62. The summed E-state index contributed by atoms with van der Waals surface area (Å²) in [5.41, 5.74) is 0.938. The van der Waals surface area contributed by atoms with Crippen molar-refractivity contribution in [3.8, 4) is 5.69 Å². The fourth-order valence-corrected chi connectivity index (χ4v) is 2.77. The summed E-state index contributed by atoms with van der Waals surface area (Å²) in [5, 5.41) is 11.9. The molecule has 0 aliphatic heterocycles. The van der Waals surface area contributed by atoms with E-state index in [1.165, 1.54) is 0 Å². The summed E-state index contributed by atoms with van der Waals surface area (Å²) in [6, 6.07) is 9.81. The molecule has 0 saturated heterocycles. The molecule has 3 rings (SSSR count). The predicted molar refractivity (Wildman–Crippen MR) is 74.4 cm³/mol. The van der Waals surface area contributed by atoms with Crippen LogP contribution in [0.15, 0.2) is 30.3 Å². The molecule has 20 heavy (non-hydrogen) atoms. The molecule has 1 fully saturated rings. The zero-order chi connectivity index (χ0) is 13.8. The Morgan fingerprint density at radius 3 is 2.85 bits per heavy atom. The molecule has 1 saturated carbocycles. The third-order valence-electron chi connectivity index (χ3n) is 3.89. The summed E-state index contributed by atoms with van der Waals surface area (Å²) in [7, 11) is 0. The lowest BCUT2D eigenvalue weighted by molar-refractivity contribution is -0.122. The van der Waals surface area contributed by atoms with Gasteiger partial charge in [0, 0.05) is 18.8 Å². The maximum Gasteiger partial charge on any atom is 0.157 e. The number of carbonyl (C=O) groups excluding carboxylic acids is 1. The van der Waals surface area contributed by atoms with E-state index in [-0.39, 0.29) is 5.92 Å². The first-order chi connectivity index (χ1) is 9.84. The number of tetrazole rings is 1. The summed E-state index contributed by atoms with van der Waals surface area (Å²) >= 11 is 0. The van der Waals surface area contributed by atoms with Gasteiger partial charge in [0.15, 0.2) is 5.82 Å². The SMILES string of the molecule is O=C1CCCCCC1Cc1nnnn1-c1ccccc1. The number of aromatic nitrogens is 4. The molecule has 0 bridgehead atoms. The van der Waals surface area contributed by atoms with Crippen LogP contribution in [0, 0.1) is 5.92 Å². The van der Waals surface area contributed by atoms with E-state index >= 15 is 0 Å². The minimum absolute atomic E-state index is 0.0750. The second-order valence-electron chi connectivity index (χ2n) is 5.31. The number of hydrogen-bond donors (Lipinski definition) is 0. The topological polar surface area (TPSA) is 60.7 Å². The molecule has 0 spiro atoms. The quantitative estimate of drug-likeness (QED) is 0.803. The van der Waals surface area contributed by atoms with Crippen LogP contribution in [0.25, 0.3) is 5.69 Å². The number of rotatable bonds is 3. The van der Waals surface area contributed by atoms with Crippen LogP contribution in [0.2, 0.25) is 0 Å². The number of ketones is 1. The highest BCUT2D eigenvalue weighted by atomic mass is 16.1. The molecule has 1 aromatic carbocycles. The first-order valence-corrected chi connectivity index (χ1v) is 7.20. The Labute approximate surface area is 118 Å². The molecule has 2 aromatic rings. The largest absolute Gasteiger partial charge is 0.299 e. The van der Waals surface area contributed by atoms with Crippen LogP contribution in [-0.2, 0) is 11.2 Å². The second-order valence-corrected chi connectivity index (χ2v) is 5.31. The molecule has 5 heteroatoms. The standard InChI is InChI=1S/C15H18N4O/c20-14-10-6-1-3-7-12(14)11-15-16-17-18-19(15)13-8-4-2-5-9-13/h2,4-5,8-9,12H,1,3,6-7,10-11H2. The van der Waals surface area contributed by atoms with Crippen molar-refractivity contribution in [2.45, 2.75) is 38.5 Å². The molecular formula is C15H18N4O. The molecule has 1 aliphatic rings. The van der Waals surface area contributed by atoms with Gasteiger partial charge in [0.25, 0.3) is 0 Å². The van der Waals surface area contributed by atoms with Gasteiger partial charge in [0.2, 0.25) is 0 Å². The Morgan fingerprint density at radius 1 is 1.15 bits per heavy atom. The van der Waals surface area contributed by atoms with Crippen molar-refractivity contribution >= 4 is 5.78 Å². The van der Waals surface area contributed by atoms with Crippen LogP contribution in [0.3, 0.4) is 0 Å². The molecule has 0 radical (unpaired) electrons. The summed E-state index contributed by atoms with van der Waals surface area (Å²) in [5.74, 6) is 1.22. The average Bonchev–Trinajstić information content (AvgIpc) is 2.85. The van der Waals surface area contributed by atoms with Crippen molar-refractivity contribution in [2.75, 3.05) is 0 Å². The lowest BCUT2D eigenvalue weighted by Gasteiger charge is -2.12.